The van der Waals surface area contributed by atoms with Crippen molar-refractivity contribution in [2.45, 2.75) is 0 Å². The average Bonchev–Trinajstić information content (AvgIpc) is 2.46. The van der Waals surface area contributed by atoms with Crippen LogP contribution in [0.4, 0.5) is 4.79 Å². The maximum atomic E-state index is 12.2. The van der Waals surface area contributed by atoms with Crippen molar-refractivity contribution in [1.29, 1.82) is 0 Å². The van der Waals surface area contributed by atoms with Crippen LogP contribution in [-0.4, -0.2) is 23.9 Å². The molecule has 92 valence electrons. The smallest absolute Gasteiger partial charge is 0.417 e. The van der Waals surface area contributed by atoms with Crippen LogP contribution in [0.15, 0.2) is 53.0 Å². The fourth-order valence-corrected chi connectivity index (χ4v) is 2.17. The van der Waals surface area contributed by atoms with E-state index in [1.165, 1.54) is 30.0 Å². The highest BCUT2D eigenvalue weighted by Gasteiger charge is 2.19. The molecule has 0 bridgehead atoms. The molecule has 1 aliphatic rings. The standard InChI is InChI=1S/C13H11NO3S/c1-17-13(16)14-7-8-18-11(9-14)12(15)10-5-3-2-4-6-10/h2-9H,1H3. The van der Waals surface area contributed by atoms with Gasteiger partial charge in [-0.1, -0.05) is 42.1 Å². The summed E-state index contributed by atoms with van der Waals surface area (Å²) in [6, 6.07) is 8.93. The number of ketones is 1. The molecule has 0 aromatic heterocycles. The maximum absolute atomic E-state index is 12.2. The van der Waals surface area contributed by atoms with Crippen molar-refractivity contribution in [1.82, 2.24) is 4.90 Å². The first-order chi connectivity index (χ1) is 8.72. The van der Waals surface area contributed by atoms with Crippen molar-refractivity contribution in [3.05, 3.63) is 58.6 Å². The number of thioether (sulfide) groups is 1. The van der Waals surface area contributed by atoms with Gasteiger partial charge < -0.3 is 4.74 Å². The summed E-state index contributed by atoms with van der Waals surface area (Å²) in [5, 5.41) is 1.67. The van der Waals surface area contributed by atoms with Crippen LogP contribution in [0.5, 0.6) is 0 Å². The zero-order valence-electron chi connectivity index (χ0n) is 9.70. The lowest BCUT2D eigenvalue weighted by Crippen LogP contribution is -2.22. The molecule has 0 saturated heterocycles. The molecule has 0 unspecified atom stereocenters. The molecule has 5 heteroatoms. The minimum atomic E-state index is -0.523. The molecule has 0 fully saturated rings. The van der Waals surface area contributed by atoms with Crippen molar-refractivity contribution in [3.63, 3.8) is 0 Å². The van der Waals surface area contributed by atoms with Gasteiger partial charge in [0.2, 0.25) is 5.78 Å². The molecule has 4 nitrogen and oxygen atoms in total. The highest BCUT2D eigenvalue weighted by atomic mass is 32.2. The van der Waals surface area contributed by atoms with E-state index >= 15 is 0 Å². The van der Waals surface area contributed by atoms with Crippen molar-refractivity contribution in [2.75, 3.05) is 7.11 Å². The summed E-state index contributed by atoms with van der Waals surface area (Å²) in [6.45, 7) is 0. The van der Waals surface area contributed by atoms with Gasteiger partial charge >= 0.3 is 6.09 Å². The Balaban J connectivity index is 2.21. The van der Waals surface area contributed by atoms with E-state index in [9.17, 15) is 9.59 Å². The van der Waals surface area contributed by atoms with Crippen LogP contribution in [0, 0.1) is 0 Å². The molecule has 1 aromatic carbocycles. The van der Waals surface area contributed by atoms with Gasteiger partial charge in [0.15, 0.2) is 0 Å². The molecule has 1 aromatic rings. The SMILES string of the molecule is COC(=O)N1C=CSC(C(=O)c2ccccc2)=C1. The third-order valence-corrected chi connectivity index (χ3v) is 3.12. The van der Waals surface area contributed by atoms with Gasteiger partial charge in [0.25, 0.3) is 0 Å². The highest BCUT2D eigenvalue weighted by Crippen LogP contribution is 2.26. The van der Waals surface area contributed by atoms with Gasteiger partial charge in [0.1, 0.15) is 0 Å². The number of amides is 1. The molecule has 0 aliphatic carbocycles. The summed E-state index contributed by atoms with van der Waals surface area (Å²) in [5.41, 5.74) is 0.594. The predicted molar refractivity (Wildman–Crippen MR) is 69.8 cm³/mol. The van der Waals surface area contributed by atoms with Gasteiger partial charge in [0, 0.05) is 18.0 Å². The van der Waals surface area contributed by atoms with Crippen LogP contribution in [0.3, 0.4) is 0 Å². The molecule has 2 rings (SSSR count). The number of rotatable bonds is 2. The largest absolute Gasteiger partial charge is 0.452 e. The first-order valence-electron chi connectivity index (χ1n) is 5.23. The van der Waals surface area contributed by atoms with Gasteiger partial charge in [-0.05, 0) is 5.41 Å². The number of hydrogen-bond donors (Lipinski definition) is 0. The second-order valence-electron chi connectivity index (χ2n) is 3.47. The molecule has 18 heavy (non-hydrogen) atoms. The van der Waals surface area contributed by atoms with Crippen LogP contribution >= 0.6 is 11.8 Å². The fraction of sp³-hybridized carbons (Fsp3) is 0.0769. The van der Waals surface area contributed by atoms with E-state index in [0.717, 1.165) is 0 Å². The zero-order chi connectivity index (χ0) is 13.0. The third-order valence-electron chi connectivity index (χ3n) is 2.32. The minimum absolute atomic E-state index is 0.112. The second-order valence-corrected chi connectivity index (χ2v) is 4.42. The number of ether oxygens (including phenoxy) is 1. The molecular weight excluding hydrogens is 250 g/mol. The quantitative estimate of drug-likeness (QED) is 0.768. The fourth-order valence-electron chi connectivity index (χ4n) is 1.43. The van der Waals surface area contributed by atoms with E-state index in [4.69, 9.17) is 0 Å². The zero-order valence-corrected chi connectivity index (χ0v) is 10.5. The topological polar surface area (TPSA) is 46.6 Å². The van der Waals surface area contributed by atoms with Crippen molar-refractivity contribution >= 4 is 23.6 Å². The lowest BCUT2D eigenvalue weighted by atomic mass is 10.1. The van der Waals surface area contributed by atoms with Gasteiger partial charge in [0.05, 0.1) is 12.0 Å². The first-order valence-corrected chi connectivity index (χ1v) is 6.11. The molecule has 1 amide bonds. The number of carbonyl (C=O) groups is 2. The summed E-state index contributed by atoms with van der Waals surface area (Å²) in [5.74, 6) is -0.112. The van der Waals surface area contributed by atoms with E-state index in [1.54, 1.807) is 35.9 Å². The number of carbonyl (C=O) groups excluding carboxylic acids is 2. The maximum Gasteiger partial charge on any atom is 0.417 e. The lowest BCUT2D eigenvalue weighted by Gasteiger charge is -2.17. The van der Waals surface area contributed by atoms with E-state index in [2.05, 4.69) is 4.74 Å². The molecule has 0 atom stereocenters. The number of benzene rings is 1. The molecule has 0 saturated carbocycles. The Kier molecular flexibility index (Phi) is 3.84. The average molecular weight is 261 g/mol. The molecule has 1 aliphatic heterocycles. The Hall–Kier alpha value is -2.01. The van der Waals surface area contributed by atoms with Crippen molar-refractivity contribution < 1.29 is 14.3 Å². The molecule has 0 radical (unpaired) electrons. The number of allylic oxidation sites excluding steroid dienone is 1. The van der Waals surface area contributed by atoms with Crippen LogP contribution in [0.25, 0.3) is 0 Å². The van der Waals surface area contributed by atoms with Crippen molar-refractivity contribution in [2.24, 2.45) is 0 Å². The minimum Gasteiger partial charge on any atom is -0.452 e. The van der Waals surface area contributed by atoms with Gasteiger partial charge in [-0.25, -0.2) is 4.79 Å². The number of hydrogen-bond acceptors (Lipinski definition) is 4. The van der Waals surface area contributed by atoms with E-state index in [0.29, 0.717) is 10.5 Å². The predicted octanol–water partition coefficient (Wildman–Crippen LogP) is 3.00. The van der Waals surface area contributed by atoms with E-state index in [1.807, 2.05) is 6.07 Å². The Morgan fingerprint density at radius 1 is 1.22 bits per heavy atom. The Morgan fingerprint density at radius 3 is 2.61 bits per heavy atom. The molecular formula is C13H11NO3S. The van der Waals surface area contributed by atoms with Gasteiger partial charge in [-0.2, -0.15) is 0 Å². The first kappa shape index (κ1) is 12.4. The Morgan fingerprint density at radius 2 is 1.94 bits per heavy atom. The monoisotopic (exact) mass is 261 g/mol. The summed E-state index contributed by atoms with van der Waals surface area (Å²) in [4.78, 5) is 25.2. The van der Waals surface area contributed by atoms with Crippen molar-refractivity contribution in [3.8, 4) is 0 Å². The number of Topliss-reactive ketones (excluding diaryl/α,β-unsaturated/α-hetero) is 1. The van der Waals surface area contributed by atoms with E-state index in [-0.39, 0.29) is 5.78 Å². The summed E-state index contributed by atoms with van der Waals surface area (Å²) < 4.78 is 4.59. The number of nitrogens with zero attached hydrogens (tertiary/aromatic N) is 1. The Bertz CT molecular complexity index is 522. The summed E-state index contributed by atoms with van der Waals surface area (Å²) in [6.07, 6.45) is 2.51. The summed E-state index contributed by atoms with van der Waals surface area (Å²) in [7, 11) is 1.30. The Labute approximate surface area is 109 Å². The normalized spacial score (nSPS) is 14.1. The third kappa shape index (κ3) is 2.62. The molecule has 1 heterocycles. The van der Waals surface area contributed by atoms with E-state index < -0.39 is 6.09 Å². The lowest BCUT2D eigenvalue weighted by molar-refractivity contribution is 0.104. The number of methoxy groups -OCH3 is 1. The van der Waals surface area contributed by atoms with Crippen LogP contribution in [-0.2, 0) is 4.74 Å². The van der Waals surface area contributed by atoms with Gasteiger partial charge in [-0.15, -0.1) is 0 Å². The molecule has 0 spiro atoms. The second kappa shape index (κ2) is 5.55. The molecule has 0 N–H and O–H groups in total. The summed E-state index contributed by atoms with van der Waals surface area (Å²) >= 11 is 1.28. The van der Waals surface area contributed by atoms with Crippen LogP contribution in [0.2, 0.25) is 0 Å². The highest BCUT2D eigenvalue weighted by molar-refractivity contribution is 8.06. The van der Waals surface area contributed by atoms with Gasteiger partial charge in [-0.3, -0.25) is 9.69 Å². The van der Waals surface area contributed by atoms with Crippen LogP contribution < -0.4 is 0 Å². The van der Waals surface area contributed by atoms with Crippen LogP contribution in [0.1, 0.15) is 10.4 Å².